The standard InChI is InChI=1S/C14H20O3/c1-10(2)11(3)17-9-13-6-4-12(5-7-13)8-14(15)16/h4-7,10-11H,8-9H2,1-3H3,(H,15,16). The van der Waals surface area contributed by atoms with E-state index in [-0.39, 0.29) is 12.5 Å². The first-order valence-corrected chi connectivity index (χ1v) is 5.90. The molecule has 0 aliphatic rings. The number of benzene rings is 1. The first kappa shape index (κ1) is 13.7. The lowest BCUT2D eigenvalue weighted by Gasteiger charge is -2.16. The van der Waals surface area contributed by atoms with E-state index < -0.39 is 5.97 Å². The summed E-state index contributed by atoms with van der Waals surface area (Å²) in [5.41, 5.74) is 1.89. The van der Waals surface area contributed by atoms with Crippen LogP contribution < -0.4 is 0 Å². The van der Waals surface area contributed by atoms with Crippen LogP contribution >= 0.6 is 0 Å². The zero-order valence-electron chi connectivity index (χ0n) is 10.6. The van der Waals surface area contributed by atoms with Crippen molar-refractivity contribution in [3.05, 3.63) is 35.4 Å². The molecule has 94 valence electrons. The first-order valence-electron chi connectivity index (χ1n) is 5.90. The normalized spacial score (nSPS) is 12.7. The fraction of sp³-hybridized carbons (Fsp3) is 0.500. The van der Waals surface area contributed by atoms with E-state index in [0.717, 1.165) is 11.1 Å². The van der Waals surface area contributed by atoms with Crippen molar-refractivity contribution < 1.29 is 14.6 Å². The number of carboxylic acids is 1. The van der Waals surface area contributed by atoms with Crippen LogP contribution in [0, 0.1) is 5.92 Å². The van der Waals surface area contributed by atoms with Gasteiger partial charge in [-0.05, 0) is 24.0 Å². The lowest BCUT2D eigenvalue weighted by Crippen LogP contribution is -2.15. The van der Waals surface area contributed by atoms with Gasteiger partial charge in [0.1, 0.15) is 0 Å². The fourth-order valence-corrected chi connectivity index (χ4v) is 1.35. The van der Waals surface area contributed by atoms with E-state index >= 15 is 0 Å². The van der Waals surface area contributed by atoms with Gasteiger partial charge in [0.15, 0.2) is 0 Å². The predicted octanol–water partition coefficient (Wildman–Crippen LogP) is 2.87. The van der Waals surface area contributed by atoms with Crippen molar-refractivity contribution >= 4 is 5.97 Å². The second-order valence-electron chi connectivity index (χ2n) is 4.65. The Morgan fingerprint density at radius 1 is 1.18 bits per heavy atom. The molecule has 1 unspecified atom stereocenters. The van der Waals surface area contributed by atoms with Crippen LogP contribution in [0.4, 0.5) is 0 Å². The zero-order chi connectivity index (χ0) is 12.8. The summed E-state index contributed by atoms with van der Waals surface area (Å²) in [5, 5.41) is 8.65. The number of ether oxygens (including phenoxy) is 1. The predicted molar refractivity (Wildman–Crippen MR) is 66.9 cm³/mol. The van der Waals surface area contributed by atoms with E-state index in [9.17, 15) is 4.79 Å². The highest BCUT2D eigenvalue weighted by atomic mass is 16.5. The van der Waals surface area contributed by atoms with Crippen LogP contribution in [0.15, 0.2) is 24.3 Å². The van der Waals surface area contributed by atoms with Gasteiger partial charge in [0.05, 0.1) is 19.1 Å². The van der Waals surface area contributed by atoms with Gasteiger partial charge in [0.25, 0.3) is 0 Å². The van der Waals surface area contributed by atoms with E-state index in [2.05, 4.69) is 20.8 Å². The van der Waals surface area contributed by atoms with Crippen LogP contribution in [0.5, 0.6) is 0 Å². The second kappa shape index (κ2) is 6.40. The van der Waals surface area contributed by atoms with E-state index in [4.69, 9.17) is 9.84 Å². The van der Waals surface area contributed by atoms with Crippen molar-refractivity contribution in [1.82, 2.24) is 0 Å². The summed E-state index contributed by atoms with van der Waals surface area (Å²) in [6.45, 7) is 6.89. The number of carbonyl (C=O) groups is 1. The molecular weight excluding hydrogens is 216 g/mol. The third kappa shape index (κ3) is 5.00. The summed E-state index contributed by atoms with van der Waals surface area (Å²) in [6, 6.07) is 7.52. The molecule has 0 aliphatic heterocycles. The third-order valence-electron chi connectivity index (χ3n) is 2.83. The highest BCUT2D eigenvalue weighted by Gasteiger charge is 2.07. The maximum Gasteiger partial charge on any atom is 0.307 e. The number of hydrogen-bond acceptors (Lipinski definition) is 2. The molecule has 0 aromatic heterocycles. The molecule has 0 heterocycles. The molecule has 3 nitrogen and oxygen atoms in total. The van der Waals surface area contributed by atoms with E-state index in [1.165, 1.54) is 0 Å². The molecule has 1 aromatic rings. The Labute approximate surface area is 102 Å². The Balaban J connectivity index is 2.48. The summed E-state index contributed by atoms with van der Waals surface area (Å²) < 4.78 is 5.69. The van der Waals surface area contributed by atoms with Gasteiger partial charge in [0.2, 0.25) is 0 Å². The fourth-order valence-electron chi connectivity index (χ4n) is 1.35. The quantitative estimate of drug-likeness (QED) is 0.826. The maximum absolute atomic E-state index is 10.5. The van der Waals surface area contributed by atoms with Crippen LogP contribution in [0.2, 0.25) is 0 Å². The van der Waals surface area contributed by atoms with Crippen LogP contribution in [0.3, 0.4) is 0 Å². The van der Waals surface area contributed by atoms with Gasteiger partial charge in [-0.15, -0.1) is 0 Å². The highest BCUT2D eigenvalue weighted by molar-refractivity contribution is 5.70. The van der Waals surface area contributed by atoms with Gasteiger partial charge in [-0.25, -0.2) is 0 Å². The molecule has 0 bridgehead atoms. The summed E-state index contributed by atoms with van der Waals surface area (Å²) >= 11 is 0. The lowest BCUT2D eigenvalue weighted by molar-refractivity contribution is -0.136. The monoisotopic (exact) mass is 236 g/mol. The molecule has 17 heavy (non-hydrogen) atoms. The van der Waals surface area contributed by atoms with Gasteiger partial charge in [-0.3, -0.25) is 4.79 Å². The molecular formula is C14H20O3. The number of aliphatic carboxylic acids is 1. The SMILES string of the molecule is CC(C)C(C)OCc1ccc(CC(=O)O)cc1. The molecule has 1 aromatic carbocycles. The van der Waals surface area contributed by atoms with E-state index in [1.807, 2.05) is 24.3 Å². The first-order chi connectivity index (χ1) is 7.99. The topological polar surface area (TPSA) is 46.5 Å². The van der Waals surface area contributed by atoms with E-state index in [0.29, 0.717) is 12.5 Å². The van der Waals surface area contributed by atoms with Crippen LogP contribution in [-0.4, -0.2) is 17.2 Å². The largest absolute Gasteiger partial charge is 0.481 e. The highest BCUT2D eigenvalue weighted by Crippen LogP contribution is 2.11. The summed E-state index contributed by atoms with van der Waals surface area (Å²) in [7, 11) is 0. The number of carboxylic acid groups (broad SMARTS) is 1. The van der Waals surface area contributed by atoms with Crippen molar-refractivity contribution in [1.29, 1.82) is 0 Å². The molecule has 0 saturated heterocycles. The van der Waals surface area contributed by atoms with Crippen LogP contribution in [-0.2, 0) is 22.6 Å². The Hall–Kier alpha value is -1.35. The van der Waals surface area contributed by atoms with Gasteiger partial charge < -0.3 is 9.84 Å². The summed E-state index contributed by atoms with van der Waals surface area (Å²) in [6.07, 6.45) is 0.303. The Morgan fingerprint density at radius 3 is 2.18 bits per heavy atom. The van der Waals surface area contributed by atoms with Crippen molar-refractivity contribution in [2.24, 2.45) is 5.92 Å². The van der Waals surface area contributed by atoms with Crippen molar-refractivity contribution in [3.63, 3.8) is 0 Å². The van der Waals surface area contributed by atoms with Crippen molar-refractivity contribution in [2.75, 3.05) is 0 Å². The number of hydrogen-bond donors (Lipinski definition) is 1. The summed E-state index contributed by atoms with van der Waals surface area (Å²) in [5.74, 6) is -0.302. The van der Waals surface area contributed by atoms with Gasteiger partial charge >= 0.3 is 5.97 Å². The third-order valence-corrected chi connectivity index (χ3v) is 2.83. The Kier molecular flexibility index (Phi) is 5.16. The number of rotatable bonds is 6. The zero-order valence-corrected chi connectivity index (χ0v) is 10.6. The minimum Gasteiger partial charge on any atom is -0.481 e. The molecule has 0 amide bonds. The molecule has 3 heteroatoms. The minimum absolute atomic E-state index is 0.0730. The molecule has 0 spiro atoms. The van der Waals surface area contributed by atoms with Crippen molar-refractivity contribution in [2.45, 2.75) is 39.9 Å². The Bertz CT molecular complexity index is 354. The lowest BCUT2D eigenvalue weighted by atomic mass is 10.1. The molecule has 1 atom stereocenters. The minimum atomic E-state index is -0.803. The summed E-state index contributed by atoms with van der Waals surface area (Å²) in [4.78, 5) is 10.5. The average Bonchev–Trinajstić information content (AvgIpc) is 2.26. The smallest absolute Gasteiger partial charge is 0.307 e. The van der Waals surface area contributed by atoms with Gasteiger partial charge in [-0.2, -0.15) is 0 Å². The maximum atomic E-state index is 10.5. The molecule has 0 radical (unpaired) electrons. The van der Waals surface area contributed by atoms with Crippen molar-refractivity contribution in [3.8, 4) is 0 Å². The molecule has 0 saturated carbocycles. The molecule has 0 aliphatic carbocycles. The van der Waals surface area contributed by atoms with E-state index in [1.54, 1.807) is 0 Å². The molecule has 1 N–H and O–H groups in total. The average molecular weight is 236 g/mol. The second-order valence-corrected chi connectivity index (χ2v) is 4.65. The molecule has 0 fully saturated rings. The van der Waals surface area contributed by atoms with Crippen LogP contribution in [0.25, 0.3) is 0 Å². The molecule has 1 rings (SSSR count). The Morgan fingerprint density at radius 2 is 1.71 bits per heavy atom. The van der Waals surface area contributed by atoms with Crippen LogP contribution in [0.1, 0.15) is 31.9 Å². The van der Waals surface area contributed by atoms with Gasteiger partial charge in [-0.1, -0.05) is 38.1 Å². The van der Waals surface area contributed by atoms with Gasteiger partial charge in [0, 0.05) is 0 Å².